The zero-order valence-corrected chi connectivity index (χ0v) is 9.52. The summed E-state index contributed by atoms with van der Waals surface area (Å²) in [4.78, 5) is 30.1. The minimum absolute atomic E-state index is 0.0205. The van der Waals surface area contributed by atoms with Crippen LogP contribution in [0.1, 0.15) is 6.42 Å². The summed E-state index contributed by atoms with van der Waals surface area (Å²) >= 11 is 0. The molecule has 1 heterocycles. The van der Waals surface area contributed by atoms with E-state index >= 15 is 0 Å². The lowest BCUT2D eigenvalue weighted by Gasteiger charge is -2.30. The second kappa shape index (κ2) is 4.32. The first-order valence-corrected chi connectivity index (χ1v) is 5.40. The molecule has 0 bridgehead atoms. The summed E-state index contributed by atoms with van der Waals surface area (Å²) in [7, 11) is 5.63. The minimum Gasteiger partial charge on any atom is -0.286 e. The second-order valence-electron chi connectivity index (χ2n) is 4.13. The van der Waals surface area contributed by atoms with Crippen molar-refractivity contribution in [3.05, 3.63) is 34.4 Å². The van der Waals surface area contributed by atoms with Crippen LogP contribution in [0.2, 0.25) is 6.32 Å². The normalized spacial score (nSPS) is 27.6. The SMILES string of the molecule is [B]CC1(C(=O)C2([N+](=O)[O-])N=CC=N2)C=CC=CC1. The van der Waals surface area contributed by atoms with Gasteiger partial charge in [0.2, 0.25) is 0 Å². The predicted molar refractivity (Wildman–Crippen MR) is 67.6 cm³/mol. The van der Waals surface area contributed by atoms with E-state index in [2.05, 4.69) is 9.98 Å². The van der Waals surface area contributed by atoms with Gasteiger partial charge in [-0.15, -0.1) is 0 Å². The maximum Gasteiger partial charge on any atom is 0.472 e. The molecule has 0 saturated heterocycles. The van der Waals surface area contributed by atoms with Crippen LogP contribution in [0.3, 0.4) is 0 Å². The number of aliphatic imine (C=N–C) groups is 2. The van der Waals surface area contributed by atoms with E-state index in [9.17, 15) is 14.9 Å². The Morgan fingerprint density at radius 1 is 1.39 bits per heavy atom. The summed E-state index contributed by atoms with van der Waals surface area (Å²) in [6, 6.07) is 0. The van der Waals surface area contributed by atoms with Gasteiger partial charge in [-0.1, -0.05) is 30.6 Å². The molecule has 18 heavy (non-hydrogen) atoms. The van der Waals surface area contributed by atoms with Crippen molar-refractivity contribution in [1.29, 1.82) is 0 Å². The van der Waals surface area contributed by atoms with E-state index in [1.165, 1.54) is 0 Å². The maximum atomic E-state index is 12.5. The first kappa shape index (κ1) is 12.4. The van der Waals surface area contributed by atoms with Gasteiger partial charge in [-0.25, -0.2) is 0 Å². The molecule has 0 saturated carbocycles. The number of carbonyl (C=O) groups excluding carboxylic acids is 1. The number of rotatable bonds is 4. The second-order valence-corrected chi connectivity index (χ2v) is 4.13. The number of Topliss-reactive ketones (excluding diaryl/α,β-unsaturated/α-hetero) is 1. The molecule has 6 nitrogen and oxygen atoms in total. The lowest BCUT2D eigenvalue weighted by Crippen LogP contribution is -2.50. The molecule has 2 rings (SSSR count). The van der Waals surface area contributed by atoms with Crippen molar-refractivity contribution in [3.8, 4) is 0 Å². The fourth-order valence-electron chi connectivity index (χ4n) is 2.01. The Hall–Kier alpha value is -2.05. The summed E-state index contributed by atoms with van der Waals surface area (Å²) in [5, 5.41) is 11.1. The topological polar surface area (TPSA) is 84.9 Å². The van der Waals surface area contributed by atoms with Crippen LogP contribution in [0.25, 0.3) is 0 Å². The van der Waals surface area contributed by atoms with Gasteiger partial charge in [-0.3, -0.25) is 14.9 Å². The Bertz CT molecular complexity index is 498. The summed E-state index contributed by atoms with van der Waals surface area (Å²) < 4.78 is 0. The van der Waals surface area contributed by atoms with Gasteiger partial charge in [0.05, 0.1) is 18.2 Å². The van der Waals surface area contributed by atoms with Gasteiger partial charge in [-0.05, 0) is 6.42 Å². The van der Waals surface area contributed by atoms with Crippen LogP contribution >= 0.6 is 0 Å². The number of hydrogen-bond acceptors (Lipinski definition) is 5. The van der Waals surface area contributed by atoms with E-state index in [1.54, 1.807) is 24.3 Å². The lowest BCUT2D eigenvalue weighted by molar-refractivity contribution is -0.548. The summed E-state index contributed by atoms with van der Waals surface area (Å²) in [6.45, 7) is 0. The lowest BCUT2D eigenvalue weighted by atomic mass is 9.67. The summed E-state index contributed by atoms with van der Waals surface area (Å²) in [5.41, 5.74) is -1.11. The average molecular weight is 243 g/mol. The van der Waals surface area contributed by atoms with Gasteiger partial charge < -0.3 is 0 Å². The molecule has 0 fully saturated rings. The molecule has 1 aliphatic carbocycles. The zero-order valence-electron chi connectivity index (χ0n) is 9.52. The molecule has 7 heteroatoms. The number of nitro groups is 1. The Kier molecular flexibility index (Phi) is 2.98. The van der Waals surface area contributed by atoms with Crippen LogP contribution in [0.4, 0.5) is 0 Å². The van der Waals surface area contributed by atoms with Crippen LogP contribution < -0.4 is 0 Å². The van der Waals surface area contributed by atoms with E-state index in [-0.39, 0.29) is 6.32 Å². The van der Waals surface area contributed by atoms with Gasteiger partial charge >= 0.3 is 5.79 Å². The van der Waals surface area contributed by atoms with E-state index in [4.69, 9.17) is 7.85 Å². The van der Waals surface area contributed by atoms with E-state index in [1.807, 2.05) is 0 Å². The van der Waals surface area contributed by atoms with Crippen molar-refractivity contribution < 1.29 is 9.72 Å². The van der Waals surface area contributed by atoms with Crippen LogP contribution in [0.15, 0.2) is 34.3 Å². The third kappa shape index (κ3) is 1.63. The zero-order chi connectivity index (χ0) is 13.2. The van der Waals surface area contributed by atoms with E-state index in [0.29, 0.717) is 6.42 Å². The Balaban J connectivity index is 2.44. The Labute approximate surface area is 105 Å². The fraction of sp³-hybridized carbons (Fsp3) is 0.364. The number of carbonyl (C=O) groups is 1. The van der Waals surface area contributed by atoms with E-state index < -0.39 is 21.9 Å². The monoisotopic (exact) mass is 243 g/mol. The Morgan fingerprint density at radius 3 is 2.50 bits per heavy atom. The summed E-state index contributed by atoms with van der Waals surface area (Å²) in [5.74, 6) is -2.97. The molecule has 0 aromatic carbocycles. The third-order valence-corrected chi connectivity index (χ3v) is 3.10. The molecule has 1 aliphatic heterocycles. The number of nitrogens with zero attached hydrogens (tertiary/aromatic N) is 3. The van der Waals surface area contributed by atoms with Crippen molar-refractivity contribution >= 4 is 26.1 Å². The van der Waals surface area contributed by atoms with Crippen LogP contribution in [0.5, 0.6) is 0 Å². The first-order valence-electron chi connectivity index (χ1n) is 5.40. The standard InChI is InChI=1S/C11H10BN3O3/c12-8-10(4-2-1-3-5-10)9(16)11(15(17)18)13-6-7-14-11/h1-4,6-7H,5,8H2. The molecule has 1 atom stereocenters. The van der Waals surface area contributed by atoms with Crippen molar-refractivity contribution in [2.45, 2.75) is 18.5 Å². The number of hydrogen-bond donors (Lipinski definition) is 0. The Morgan fingerprint density at radius 2 is 2.06 bits per heavy atom. The average Bonchev–Trinajstić information content (AvgIpc) is 2.89. The van der Waals surface area contributed by atoms with Crippen molar-refractivity contribution in [2.24, 2.45) is 15.4 Å². The molecule has 0 amide bonds. The smallest absolute Gasteiger partial charge is 0.286 e. The highest BCUT2D eigenvalue weighted by molar-refractivity contribution is 6.20. The minimum atomic E-state index is -2.27. The van der Waals surface area contributed by atoms with E-state index in [0.717, 1.165) is 12.4 Å². The van der Waals surface area contributed by atoms with Gasteiger partial charge in [-0.2, -0.15) is 9.98 Å². The van der Waals surface area contributed by atoms with Crippen molar-refractivity contribution in [2.75, 3.05) is 0 Å². The highest BCUT2D eigenvalue weighted by Gasteiger charge is 2.58. The third-order valence-electron chi connectivity index (χ3n) is 3.10. The van der Waals surface area contributed by atoms with Gasteiger partial charge in [0.15, 0.2) is 0 Å². The first-order chi connectivity index (χ1) is 8.57. The highest BCUT2D eigenvalue weighted by Crippen LogP contribution is 2.38. The molecule has 0 aromatic rings. The predicted octanol–water partition coefficient (Wildman–Crippen LogP) is 0.731. The van der Waals surface area contributed by atoms with Crippen molar-refractivity contribution in [3.63, 3.8) is 0 Å². The van der Waals surface area contributed by atoms with Gasteiger partial charge in [0, 0.05) is 12.4 Å². The van der Waals surface area contributed by atoms with Crippen LogP contribution in [-0.4, -0.2) is 36.8 Å². The van der Waals surface area contributed by atoms with Crippen LogP contribution in [0, 0.1) is 15.5 Å². The molecule has 0 spiro atoms. The molecular weight excluding hydrogens is 233 g/mol. The van der Waals surface area contributed by atoms with Crippen LogP contribution in [-0.2, 0) is 4.79 Å². The summed E-state index contributed by atoms with van der Waals surface area (Å²) in [6.07, 6.45) is 9.38. The molecule has 0 aromatic heterocycles. The fourth-order valence-corrected chi connectivity index (χ4v) is 2.01. The number of ketones is 1. The maximum absolute atomic E-state index is 12.5. The quantitative estimate of drug-likeness (QED) is 0.414. The molecule has 0 N–H and O–H groups in total. The molecular formula is C11H10BN3O3. The molecule has 2 aliphatic rings. The van der Waals surface area contributed by atoms with Crippen molar-refractivity contribution in [1.82, 2.24) is 0 Å². The van der Waals surface area contributed by atoms with Gasteiger partial charge in [0.25, 0.3) is 5.78 Å². The molecule has 90 valence electrons. The van der Waals surface area contributed by atoms with Gasteiger partial charge in [0.1, 0.15) is 0 Å². The largest absolute Gasteiger partial charge is 0.472 e. The highest BCUT2D eigenvalue weighted by atomic mass is 16.6. The number of allylic oxidation sites excluding steroid dienone is 4. The molecule has 2 radical (unpaired) electrons. The molecule has 1 unspecified atom stereocenters.